The van der Waals surface area contributed by atoms with Gasteiger partial charge in [-0.25, -0.2) is 0 Å². The van der Waals surface area contributed by atoms with E-state index in [4.69, 9.17) is 5.11 Å². The zero-order chi connectivity index (χ0) is 9.78. The number of nitrogens with one attached hydrogen (secondary N) is 1. The molecule has 0 aromatic carbocycles. The highest BCUT2D eigenvalue weighted by Crippen LogP contribution is 2.19. The molecule has 0 aliphatic heterocycles. The van der Waals surface area contributed by atoms with Crippen LogP contribution < -0.4 is 5.32 Å². The fourth-order valence-electron chi connectivity index (χ4n) is 0.737. The number of hydrogen-bond donors (Lipinski definition) is 2. The normalized spacial score (nSPS) is 10.9. The van der Waals surface area contributed by atoms with E-state index in [1.54, 1.807) is 6.92 Å². The fraction of sp³-hybridized carbons (Fsp3) is 0.750. The minimum absolute atomic E-state index is 0.0240. The molecule has 0 aliphatic carbocycles. The number of carboxylic acids is 1. The molecule has 2 N–H and O–H groups in total. The molecule has 0 saturated heterocycles. The first kappa shape index (κ1) is 10.9. The van der Waals surface area contributed by atoms with Crippen LogP contribution in [0.15, 0.2) is 0 Å². The first-order chi connectivity index (χ1) is 5.40. The third kappa shape index (κ3) is 3.37. The van der Waals surface area contributed by atoms with Gasteiger partial charge < -0.3 is 10.4 Å². The summed E-state index contributed by atoms with van der Waals surface area (Å²) in [5.41, 5.74) is -0.973. The van der Waals surface area contributed by atoms with Crippen LogP contribution in [0.25, 0.3) is 0 Å². The van der Waals surface area contributed by atoms with Gasteiger partial charge in [0.25, 0.3) is 0 Å². The summed E-state index contributed by atoms with van der Waals surface area (Å²) >= 11 is 0. The smallest absolute Gasteiger partial charge is 0.309 e. The third-order valence-corrected chi connectivity index (χ3v) is 1.56. The molecule has 0 unspecified atom stereocenters. The van der Waals surface area contributed by atoms with Crippen molar-refractivity contribution in [3.05, 3.63) is 0 Å². The van der Waals surface area contributed by atoms with Crippen LogP contribution in [0.2, 0.25) is 0 Å². The Morgan fingerprint density at radius 3 is 2.25 bits per heavy atom. The molecule has 0 saturated carbocycles. The average Bonchev–Trinajstić information content (AvgIpc) is 1.85. The third-order valence-electron chi connectivity index (χ3n) is 1.56. The van der Waals surface area contributed by atoms with Crippen LogP contribution in [0.4, 0.5) is 0 Å². The second-order valence-corrected chi connectivity index (χ2v) is 3.32. The van der Waals surface area contributed by atoms with E-state index in [9.17, 15) is 9.59 Å². The number of hydrogen-bond acceptors (Lipinski definition) is 2. The van der Waals surface area contributed by atoms with Gasteiger partial charge in [0.15, 0.2) is 0 Å². The molecule has 0 spiro atoms. The number of aliphatic carboxylic acids is 1. The van der Waals surface area contributed by atoms with Gasteiger partial charge in [-0.15, -0.1) is 0 Å². The number of rotatable bonds is 4. The molecule has 0 fully saturated rings. The average molecular weight is 173 g/mol. The van der Waals surface area contributed by atoms with Gasteiger partial charge in [0, 0.05) is 13.0 Å². The van der Waals surface area contributed by atoms with E-state index in [1.165, 1.54) is 13.8 Å². The van der Waals surface area contributed by atoms with Crippen molar-refractivity contribution in [1.29, 1.82) is 0 Å². The Morgan fingerprint density at radius 2 is 1.92 bits per heavy atom. The standard InChI is InChI=1S/C8H15NO3/c1-4-9-6(10)5-8(2,3)7(11)12/h4-5H2,1-3H3,(H,9,10)(H,11,12). The second kappa shape index (κ2) is 4.09. The van der Waals surface area contributed by atoms with Gasteiger partial charge in [0.1, 0.15) is 0 Å². The maximum atomic E-state index is 11.0. The summed E-state index contributed by atoms with van der Waals surface area (Å²) in [6.45, 7) is 5.40. The monoisotopic (exact) mass is 173 g/mol. The second-order valence-electron chi connectivity index (χ2n) is 3.32. The van der Waals surface area contributed by atoms with Gasteiger partial charge in [-0.2, -0.15) is 0 Å². The lowest BCUT2D eigenvalue weighted by atomic mass is 9.89. The minimum Gasteiger partial charge on any atom is -0.481 e. The summed E-state index contributed by atoms with van der Waals surface area (Å²) in [7, 11) is 0. The Bertz CT molecular complexity index is 187. The molecule has 4 heteroatoms. The lowest BCUT2D eigenvalue weighted by Crippen LogP contribution is -2.33. The molecule has 12 heavy (non-hydrogen) atoms. The first-order valence-corrected chi connectivity index (χ1v) is 3.90. The summed E-state index contributed by atoms with van der Waals surface area (Å²) in [6, 6.07) is 0. The van der Waals surface area contributed by atoms with Gasteiger partial charge in [-0.05, 0) is 20.8 Å². The van der Waals surface area contributed by atoms with E-state index in [2.05, 4.69) is 5.32 Å². The van der Waals surface area contributed by atoms with E-state index in [1.807, 2.05) is 0 Å². The predicted octanol–water partition coefficient (Wildman–Crippen LogP) is 0.623. The summed E-state index contributed by atoms with van der Waals surface area (Å²) in [4.78, 5) is 21.6. The highest BCUT2D eigenvalue weighted by Gasteiger charge is 2.29. The quantitative estimate of drug-likeness (QED) is 0.655. The van der Waals surface area contributed by atoms with Crippen molar-refractivity contribution in [2.24, 2.45) is 5.41 Å². The van der Waals surface area contributed by atoms with Gasteiger partial charge in [-0.3, -0.25) is 9.59 Å². The molecule has 1 amide bonds. The molecule has 0 aromatic rings. The number of carbonyl (C=O) groups is 2. The Morgan fingerprint density at radius 1 is 1.42 bits per heavy atom. The van der Waals surface area contributed by atoms with Crippen LogP contribution in [0.5, 0.6) is 0 Å². The first-order valence-electron chi connectivity index (χ1n) is 3.90. The van der Waals surface area contributed by atoms with E-state index in [-0.39, 0.29) is 12.3 Å². The number of carboxylic acid groups (broad SMARTS) is 1. The molecule has 70 valence electrons. The maximum Gasteiger partial charge on any atom is 0.309 e. The molecular weight excluding hydrogens is 158 g/mol. The van der Waals surface area contributed by atoms with E-state index < -0.39 is 11.4 Å². The van der Waals surface area contributed by atoms with E-state index in [0.717, 1.165) is 0 Å². The van der Waals surface area contributed by atoms with Crippen molar-refractivity contribution in [2.75, 3.05) is 6.54 Å². The highest BCUT2D eigenvalue weighted by molar-refractivity contribution is 5.84. The molecular formula is C8H15NO3. The summed E-state index contributed by atoms with van der Waals surface area (Å²) in [5, 5.41) is 11.2. The zero-order valence-electron chi connectivity index (χ0n) is 7.68. The fourth-order valence-corrected chi connectivity index (χ4v) is 0.737. The Kier molecular flexibility index (Phi) is 3.73. The van der Waals surface area contributed by atoms with E-state index in [0.29, 0.717) is 6.54 Å². The van der Waals surface area contributed by atoms with Crippen molar-refractivity contribution >= 4 is 11.9 Å². The highest BCUT2D eigenvalue weighted by atomic mass is 16.4. The van der Waals surface area contributed by atoms with Crippen molar-refractivity contribution in [3.8, 4) is 0 Å². The predicted molar refractivity (Wildman–Crippen MR) is 44.7 cm³/mol. The van der Waals surface area contributed by atoms with E-state index >= 15 is 0 Å². The van der Waals surface area contributed by atoms with Gasteiger partial charge >= 0.3 is 5.97 Å². The van der Waals surface area contributed by atoms with Crippen molar-refractivity contribution in [1.82, 2.24) is 5.32 Å². The summed E-state index contributed by atoms with van der Waals surface area (Å²) in [6.07, 6.45) is 0.0240. The SMILES string of the molecule is CCNC(=O)CC(C)(C)C(=O)O. The van der Waals surface area contributed by atoms with Gasteiger partial charge in [-0.1, -0.05) is 0 Å². The van der Waals surface area contributed by atoms with Crippen molar-refractivity contribution in [2.45, 2.75) is 27.2 Å². The number of carbonyl (C=O) groups excluding carboxylic acids is 1. The Balaban J connectivity index is 4.06. The van der Waals surface area contributed by atoms with Crippen molar-refractivity contribution in [3.63, 3.8) is 0 Å². The molecule has 0 rings (SSSR count). The number of amides is 1. The lowest BCUT2D eigenvalue weighted by molar-refractivity contribution is -0.149. The summed E-state index contributed by atoms with van der Waals surface area (Å²) in [5.74, 6) is -1.17. The van der Waals surface area contributed by atoms with Crippen LogP contribution in [-0.4, -0.2) is 23.5 Å². The topological polar surface area (TPSA) is 66.4 Å². The Labute approximate surface area is 72.0 Å². The molecule has 0 bridgehead atoms. The molecule has 0 aliphatic rings. The molecule has 4 nitrogen and oxygen atoms in total. The maximum absolute atomic E-state index is 11.0. The van der Waals surface area contributed by atoms with Crippen LogP contribution in [0.3, 0.4) is 0 Å². The largest absolute Gasteiger partial charge is 0.481 e. The Hall–Kier alpha value is -1.06. The summed E-state index contributed by atoms with van der Waals surface area (Å²) < 4.78 is 0. The van der Waals surface area contributed by atoms with Crippen LogP contribution in [0, 0.1) is 5.41 Å². The van der Waals surface area contributed by atoms with Crippen molar-refractivity contribution < 1.29 is 14.7 Å². The zero-order valence-corrected chi connectivity index (χ0v) is 7.68. The molecule has 0 aromatic heterocycles. The van der Waals surface area contributed by atoms with Gasteiger partial charge in [0.2, 0.25) is 5.91 Å². The lowest BCUT2D eigenvalue weighted by Gasteiger charge is -2.17. The van der Waals surface area contributed by atoms with Gasteiger partial charge in [0.05, 0.1) is 5.41 Å². The van der Waals surface area contributed by atoms with Crippen LogP contribution >= 0.6 is 0 Å². The molecule has 0 heterocycles. The minimum atomic E-state index is -0.973. The molecule has 0 radical (unpaired) electrons. The van der Waals surface area contributed by atoms with Crippen LogP contribution in [-0.2, 0) is 9.59 Å². The molecule has 0 atom stereocenters. The van der Waals surface area contributed by atoms with Crippen LogP contribution in [0.1, 0.15) is 27.2 Å².